The minimum Gasteiger partial charge on any atom is -0.382 e. The second-order valence-electron chi connectivity index (χ2n) is 7.87. The maximum absolute atomic E-state index is 13.2. The third-order valence-corrected chi connectivity index (χ3v) is 5.68. The molecule has 0 fully saturated rings. The second-order valence-corrected chi connectivity index (χ2v) is 8.28. The summed E-state index contributed by atoms with van der Waals surface area (Å²) >= 11 is 6.52. The zero-order chi connectivity index (χ0) is 24.5. The van der Waals surface area contributed by atoms with Crippen molar-refractivity contribution in [2.75, 3.05) is 5.73 Å². The van der Waals surface area contributed by atoms with Gasteiger partial charge in [-0.1, -0.05) is 29.8 Å². The molecule has 0 bridgehead atoms. The Kier molecular flexibility index (Phi) is 5.84. The van der Waals surface area contributed by atoms with E-state index in [9.17, 15) is 9.18 Å². The molecule has 10 heteroatoms. The number of halogens is 2. The van der Waals surface area contributed by atoms with Gasteiger partial charge in [-0.15, -0.1) is 0 Å². The number of nitrogens with two attached hydrogens (primary N) is 1. The number of aryl methyl sites for hydroxylation is 1. The number of benzene rings is 2. The monoisotopic (exact) mass is 487 g/mol. The van der Waals surface area contributed by atoms with Crippen LogP contribution in [-0.4, -0.2) is 30.6 Å². The van der Waals surface area contributed by atoms with Crippen LogP contribution in [0.4, 0.5) is 10.2 Å². The minimum atomic E-state index is -0.512. The molecule has 0 saturated carbocycles. The Morgan fingerprint density at radius 2 is 1.91 bits per heavy atom. The lowest BCUT2D eigenvalue weighted by molar-refractivity contribution is 0.0946. The smallest absolute Gasteiger partial charge is 0.274 e. The molecule has 0 unspecified atom stereocenters. The lowest BCUT2D eigenvalue weighted by atomic mass is 10.0. The van der Waals surface area contributed by atoms with Crippen LogP contribution < -0.4 is 11.1 Å². The summed E-state index contributed by atoms with van der Waals surface area (Å²) in [7, 11) is 1.79. The number of anilines is 1. The molecule has 174 valence electrons. The largest absolute Gasteiger partial charge is 0.382 e. The third kappa shape index (κ3) is 4.53. The van der Waals surface area contributed by atoms with Crippen LogP contribution in [-0.2, 0) is 13.6 Å². The highest BCUT2D eigenvalue weighted by atomic mass is 35.5. The fourth-order valence-corrected chi connectivity index (χ4v) is 3.97. The first-order valence-electron chi connectivity index (χ1n) is 10.6. The van der Waals surface area contributed by atoms with E-state index in [1.807, 2.05) is 18.2 Å². The Labute approximate surface area is 204 Å². The van der Waals surface area contributed by atoms with Crippen LogP contribution in [0.3, 0.4) is 0 Å². The quantitative estimate of drug-likeness (QED) is 0.380. The standard InChI is InChI=1S/C25H19ClFN7O/c1-34-10-8-19(33-34)22-21(16-11-15-3-2-9-29-20(15)18(26)12-16)31-23(24(28)32-22)25(35)30-13-14-4-6-17(27)7-5-14/h2-12H,13H2,1H3,(H2,28,32)(H,30,35). The van der Waals surface area contributed by atoms with Crippen LogP contribution in [0.1, 0.15) is 16.1 Å². The molecule has 0 aliphatic heterocycles. The van der Waals surface area contributed by atoms with Gasteiger partial charge in [-0.2, -0.15) is 5.10 Å². The van der Waals surface area contributed by atoms with Gasteiger partial charge >= 0.3 is 0 Å². The highest BCUT2D eigenvalue weighted by Crippen LogP contribution is 2.34. The van der Waals surface area contributed by atoms with Crippen LogP contribution in [0, 0.1) is 5.82 Å². The van der Waals surface area contributed by atoms with E-state index >= 15 is 0 Å². The highest BCUT2D eigenvalue weighted by Gasteiger charge is 2.22. The lowest BCUT2D eigenvalue weighted by Crippen LogP contribution is -2.26. The van der Waals surface area contributed by atoms with Crippen molar-refractivity contribution < 1.29 is 9.18 Å². The lowest BCUT2D eigenvalue weighted by Gasteiger charge is -2.13. The average Bonchev–Trinajstić information content (AvgIpc) is 3.29. The van der Waals surface area contributed by atoms with E-state index in [-0.39, 0.29) is 23.9 Å². The van der Waals surface area contributed by atoms with E-state index in [0.29, 0.717) is 33.2 Å². The Hall–Kier alpha value is -4.37. The first-order valence-corrected chi connectivity index (χ1v) is 11.0. The van der Waals surface area contributed by atoms with Gasteiger partial charge in [0.25, 0.3) is 5.91 Å². The number of pyridine rings is 1. The Morgan fingerprint density at radius 3 is 2.66 bits per heavy atom. The summed E-state index contributed by atoms with van der Waals surface area (Å²) in [4.78, 5) is 26.4. The fourth-order valence-electron chi connectivity index (χ4n) is 3.69. The van der Waals surface area contributed by atoms with Gasteiger partial charge in [0, 0.05) is 36.9 Å². The third-order valence-electron chi connectivity index (χ3n) is 5.39. The predicted octanol–water partition coefficient (Wildman–Crippen LogP) is 4.40. The van der Waals surface area contributed by atoms with E-state index in [2.05, 4.69) is 25.4 Å². The number of hydrogen-bond acceptors (Lipinski definition) is 6. The van der Waals surface area contributed by atoms with Crippen LogP contribution >= 0.6 is 11.6 Å². The zero-order valence-electron chi connectivity index (χ0n) is 18.5. The molecular weight excluding hydrogens is 469 g/mol. The number of nitrogens with zero attached hydrogens (tertiary/aromatic N) is 5. The molecule has 0 spiro atoms. The summed E-state index contributed by atoms with van der Waals surface area (Å²) in [5, 5.41) is 8.44. The first kappa shape index (κ1) is 22.4. The van der Waals surface area contributed by atoms with Crippen molar-refractivity contribution in [1.82, 2.24) is 30.0 Å². The van der Waals surface area contributed by atoms with E-state index in [0.717, 1.165) is 10.9 Å². The van der Waals surface area contributed by atoms with Crippen molar-refractivity contribution in [3.05, 3.63) is 89.1 Å². The molecular formula is C25H19ClFN7O. The van der Waals surface area contributed by atoms with Crippen molar-refractivity contribution in [2.24, 2.45) is 7.05 Å². The van der Waals surface area contributed by atoms with E-state index in [1.54, 1.807) is 48.4 Å². The van der Waals surface area contributed by atoms with Gasteiger partial charge in [-0.05, 0) is 42.0 Å². The molecule has 0 atom stereocenters. The Balaban J connectivity index is 1.59. The molecule has 0 radical (unpaired) electrons. The zero-order valence-corrected chi connectivity index (χ0v) is 19.3. The number of amides is 1. The van der Waals surface area contributed by atoms with Crippen molar-refractivity contribution in [2.45, 2.75) is 6.54 Å². The van der Waals surface area contributed by atoms with Crippen LogP contribution in [0.2, 0.25) is 5.02 Å². The summed E-state index contributed by atoms with van der Waals surface area (Å²) < 4.78 is 14.8. The van der Waals surface area contributed by atoms with Crippen LogP contribution in [0.25, 0.3) is 33.5 Å². The molecule has 3 aromatic heterocycles. The average molecular weight is 488 g/mol. The maximum atomic E-state index is 13.2. The van der Waals surface area contributed by atoms with Crippen molar-refractivity contribution in [3.8, 4) is 22.6 Å². The predicted molar refractivity (Wildman–Crippen MR) is 132 cm³/mol. The molecule has 3 N–H and O–H groups in total. The number of rotatable bonds is 5. The van der Waals surface area contributed by atoms with Gasteiger partial charge in [0.2, 0.25) is 0 Å². The molecule has 5 rings (SSSR count). The minimum absolute atomic E-state index is 0.0378. The van der Waals surface area contributed by atoms with E-state index < -0.39 is 5.91 Å². The van der Waals surface area contributed by atoms with Crippen LogP contribution in [0.15, 0.2) is 67.0 Å². The molecule has 3 heterocycles. The Morgan fingerprint density at radius 1 is 1.11 bits per heavy atom. The summed E-state index contributed by atoms with van der Waals surface area (Å²) in [6.45, 7) is 0.172. The second kappa shape index (κ2) is 9.11. The fraction of sp³-hybridized carbons (Fsp3) is 0.0800. The number of nitrogens with one attached hydrogen (secondary N) is 1. The summed E-state index contributed by atoms with van der Waals surface area (Å²) in [6.07, 6.45) is 3.44. The van der Waals surface area contributed by atoms with Gasteiger partial charge < -0.3 is 11.1 Å². The number of hydrogen-bond donors (Lipinski definition) is 2. The molecule has 35 heavy (non-hydrogen) atoms. The molecule has 0 saturated heterocycles. The number of carbonyl (C=O) groups is 1. The number of carbonyl (C=O) groups excluding carboxylic acids is 1. The van der Waals surface area contributed by atoms with Crippen molar-refractivity contribution in [1.29, 1.82) is 0 Å². The van der Waals surface area contributed by atoms with Gasteiger partial charge in [0.05, 0.1) is 16.2 Å². The number of fused-ring (bicyclic) bond motifs is 1. The number of aromatic nitrogens is 5. The van der Waals surface area contributed by atoms with Gasteiger partial charge in [0.1, 0.15) is 17.2 Å². The summed E-state index contributed by atoms with van der Waals surface area (Å²) in [6, 6.07) is 14.9. The summed E-state index contributed by atoms with van der Waals surface area (Å²) in [5.41, 5.74) is 9.50. The maximum Gasteiger partial charge on any atom is 0.274 e. The van der Waals surface area contributed by atoms with Gasteiger partial charge in [-0.3, -0.25) is 14.5 Å². The van der Waals surface area contributed by atoms with Gasteiger partial charge in [-0.25, -0.2) is 14.4 Å². The van der Waals surface area contributed by atoms with E-state index in [1.165, 1.54) is 12.1 Å². The molecule has 0 aliphatic carbocycles. The number of nitrogen functional groups attached to an aromatic ring is 1. The van der Waals surface area contributed by atoms with Gasteiger partial charge in [0.15, 0.2) is 11.5 Å². The molecule has 2 aromatic carbocycles. The molecule has 1 amide bonds. The SMILES string of the molecule is Cn1ccc(-c2nc(N)c(C(=O)NCc3ccc(F)cc3)nc2-c2cc(Cl)c3ncccc3c2)n1. The first-order chi connectivity index (χ1) is 16.9. The molecule has 8 nitrogen and oxygen atoms in total. The van der Waals surface area contributed by atoms with Crippen molar-refractivity contribution in [3.63, 3.8) is 0 Å². The highest BCUT2D eigenvalue weighted by molar-refractivity contribution is 6.35. The van der Waals surface area contributed by atoms with E-state index in [4.69, 9.17) is 17.3 Å². The summed E-state index contributed by atoms with van der Waals surface area (Å²) in [5.74, 6) is -0.907. The normalized spacial score (nSPS) is 11.1. The Bertz CT molecular complexity index is 1570. The molecule has 5 aromatic rings. The van der Waals surface area contributed by atoms with Crippen molar-refractivity contribution >= 4 is 34.2 Å². The van der Waals surface area contributed by atoms with Crippen LogP contribution in [0.5, 0.6) is 0 Å². The topological polar surface area (TPSA) is 112 Å². The molecule has 0 aliphatic rings.